The van der Waals surface area contributed by atoms with E-state index in [0.29, 0.717) is 73.3 Å². The lowest BCUT2D eigenvalue weighted by Crippen LogP contribution is -2.14. The highest BCUT2D eigenvalue weighted by molar-refractivity contribution is 6.06. The van der Waals surface area contributed by atoms with Crippen LogP contribution < -0.4 is 32.8 Å². The molecule has 15 aromatic rings. The summed E-state index contributed by atoms with van der Waals surface area (Å²) in [6, 6.07) is 31.1. The zero-order valence-electron chi connectivity index (χ0n) is 77.2. The third-order valence-electron chi connectivity index (χ3n) is 15.9. The number of hydrogen-bond donors (Lipinski definition) is 6. The molecular formula is C85H76N20O3. The van der Waals surface area contributed by atoms with Crippen LogP contribution in [0.15, 0.2) is 278 Å². The zero-order valence-corrected chi connectivity index (χ0v) is 59.2. The highest BCUT2D eigenvalue weighted by Gasteiger charge is 2.16. The molecular weight excluding hydrogens is 1350 g/mol. The van der Waals surface area contributed by atoms with Crippen molar-refractivity contribution in [3.05, 3.63) is 347 Å². The van der Waals surface area contributed by atoms with Crippen LogP contribution in [0.3, 0.4) is 0 Å². The van der Waals surface area contributed by atoms with Gasteiger partial charge in [-0.05, 0) is 253 Å². The molecule has 0 radical (unpaired) electrons. The minimum Gasteiger partial charge on any atom is -0.324 e. The van der Waals surface area contributed by atoms with Gasteiger partial charge in [0.15, 0.2) is 0 Å². The van der Waals surface area contributed by atoms with Crippen molar-refractivity contribution < 1.29 is 39.1 Å². The molecule has 0 aliphatic rings. The Kier molecular flexibility index (Phi) is 16.0. The molecule has 0 saturated carbocycles. The molecule has 6 aromatic carbocycles. The third-order valence-corrected chi connectivity index (χ3v) is 15.9. The molecule has 0 aliphatic heterocycles. The molecule has 9 heterocycles. The first-order chi connectivity index (χ1) is 59.7. The average Bonchev–Trinajstić information content (AvgIpc) is 0.901. The number of rotatable bonds is 15. The molecule has 0 atom stereocenters. The van der Waals surface area contributed by atoms with Gasteiger partial charge in [-0.3, -0.25) is 29.3 Å². The Balaban J connectivity index is 0.000000164. The van der Waals surface area contributed by atoms with E-state index in [4.69, 9.17) is 24.7 Å². The summed E-state index contributed by atoms with van der Waals surface area (Å²) in [5.74, 6) is -1.65. The maximum Gasteiger partial charge on any atom is 0.255 e. The number of aromatic nitrogens is 14. The van der Waals surface area contributed by atoms with Gasteiger partial charge in [0.25, 0.3) is 17.7 Å². The summed E-state index contributed by atoms with van der Waals surface area (Å²) in [7, 11) is 0. The number of nitrogens with one attached hydrogen (secondary N) is 6. The summed E-state index contributed by atoms with van der Waals surface area (Å²) in [5.41, 5.74) is 10.6. The van der Waals surface area contributed by atoms with E-state index in [2.05, 4.69) is 91.8 Å². The molecule has 15 rings (SSSR count). The number of anilines is 3. The number of carbonyl (C=O) groups is 3. The lowest BCUT2D eigenvalue weighted by atomic mass is 10.1. The number of hydrogen-bond acceptors (Lipinski definition) is 14. The van der Waals surface area contributed by atoms with Crippen LogP contribution in [0.1, 0.15) is 106 Å². The predicted octanol–water partition coefficient (Wildman–Crippen LogP) is 15.8. The number of amides is 3. The Morgan fingerprint density at radius 2 is 0.954 bits per heavy atom. The van der Waals surface area contributed by atoms with E-state index in [9.17, 15) is 14.4 Å². The van der Waals surface area contributed by atoms with Crippen molar-refractivity contribution in [3.63, 3.8) is 0 Å². The van der Waals surface area contributed by atoms with Crippen molar-refractivity contribution in [3.8, 4) is 50.8 Å². The highest BCUT2D eigenvalue weighted by atomic mass is 16.2. The van der Waals surface area contributed by atoms with E-state index in [1.807, 2.05) is 118 Å². The van der Waals surface area contributed by atoms with Gasteiger partial charge >= 0.3 is 0 Å². The minimum atomic E-state index is -3.15. The quantitative estimate of drug-likeness (QED) is 0.0561. The molecule has 0 bridgehead atoms. The molecule has 0 saturated heterocycles. The standard InChI is InChI=1S/C29H26N6O.2C28H25N7O/c1-19-9-12-35(18-19)25-14-20(2)13-24(16-25)32-28(36)22-7-6-21(3)27(15-22)34-29-31-11-8-26(33-29)23-5-4-10-30-17-23;2*1-18-11-23(14-24(12-18)35-16-20(3)31-17-35)32-27(36)21-7-6-19(2)26(13-21)34-28-30-10-8-25(33-28)22-5-4-9-29-15-22/h4-18H,1-3H3,(H,32,36)(H,31,33,34);2*4-17H,1-3H3,(H,32,36)(H,30,33,34)/i8D,11D;2D3,4D,5D,6D,7D,8D,9D,10D,13D,15D,16D,17D;8D,10D. The summed E-state index contributed by atoms with van der Waals surface area (Å²) in [5, 5.41) is 8.49. The molecule has 0 aliphatic carbocycles. The van der Waals surface area contributed by atoms with Crippen LogP contribution in [-0.2, 0) is 0 Å². The third kappa shape index (κ3) is 18.5. The number of pyridine rings is 3. The second-order valence-electron chi connectivity index (χ2n) is 24.6. The SMILES string of the molecule is [2H]c1nc(=Nc2c([2H])c(C(=O)Nc3cc(C)cc(-n4c([2H])nc(C)c4[2H])c3)c([2H])c([2H])c2C([2H])([2H])[2H])[nH]c(-c2c([2H])nc([2H])c([2H])c2[2H])c1[2H].[2H]c1nc(=Nc2cc(C(=O)Nc3cc(C)cc(-n4ccc(C)c4)c3)ccc2C)[nH]c(-c2cccnc2)c1[2H].[2H]c1nc(=Nc2cc(C(=O)Nc3cc(C)cc(-n4cnc(C)c4)c3)ccc2C)[nH]c(-c2cccnc2)c1[2H]. The predicted molar refractivity (Wildman–Crippen MR) is 420 cm³/mol. The Morgan fingerprint density at radius 1 is 0.444 bits per heavy atom. The molecule has 9 aromatic heterocycles. The van der Waals surface area contributed by atoms with E-state index in [1.165, 1.54) is 16.7 Å². The number of aromatic amines is 3. The van der Waals surface area contributed by atoms with Gasteiger partial charge in [-0.2, -0.15) is 0 Å². The number of carbonyl (C=O) groups excluding carboxylic acids is 3. The minimum absolute atomic E-state index is 0.0469. The van der Waals surface area contributed by atoms with Gasteiger partial charge < -0.3 is 44.6 Å². The van der Waals surface area contributed by atoms with E-state index < -0.39 is 101 Å². The highest BCUT2D eigenvalue weighted by Crippen LogP contribution is 2.28. The monoisotopic (exact) mass is 1440 g/mol. The summed E-state index contributed by atoms with van der Waals surface area (Å²) in [4.78, 5) is 93.8. The van der Waals surface area contributed by atoms with Gasteiger partial charge in [-0.1, -0.05) is 18.2 Å². The van der Waals surface area contributed by atoms with Crippen LogP contribution in [0.25, 0.3) is 50.8 Å². The number of H-pyrrole nitrogens is 3. The van der Waals surface area contributed by atoms with Crippen LogP contribution in [0.5, 0.6) is 0 Å². The van der Waals surface area contributed by atoms with Gasteiger partial charge in [0.05, 0.1) is 77.4 Å². The van der Waals surface area contributed by atoms with E-state index >= 15 is 0 Å². The van der Waals surface area contributed by atoms with Crippen LogP contribution in [0, 0.1) is 62.2 Å². The molecule has 3 amide bonds. The molecule has 0 unspecified atom stereocenters. The molecule has 6 N–H and O–H groups in total. The summed E-state index contributed by atoms with van der Waals surface area (Å²) >= 11 is 0. The number of aryl methyl sites for hydroxylation is 8. The molecule has 534 valence electrons. The Labute approximate surface area is 647 Å². The van der Waals surface area contributed by atoms with Crippen molar-refractivity contribution in [2.75, 3.05) is 16.0 Å². The van der Waals surface area contributed by atoms with E-state index in [0.717, 1.165) is 44.9 Å². The average molecular weight is 1440 g/mol. The zero-order chi connectivity index (χ0) is 90.8. The second kappa shape index (κ2) is 32.9. The first-order valence-corrected chi connectivity index (χ1v) is 33.2. The first-order valence-electron chi connectivity index (χ1n) is 42.2. The lowest BCUT2D eigenvalue weighted by molar-refractivity contribution is 0.101. The van der Waals surface area contributed by atoms with Crippen LogP contribution in [-0.4, -0.2) is 86.2 Å². The van der Waals surface area contributed by atoms with Gasteiger partial charge in [0.1, 0.15) is 1.37 Å². The fraction of sp³-hybridized carbons (Fsp3) is 0.106. The maximum absolute atomic E-state index is 13.7. The second-order valence-corrected chi connectivity index (χ2v) is 24.6. The van der Waals surface area contributed by atoms with E-state index in [1.54, 1.807) is 99.6 Å². The summed E-state index contributed by atoms with van der Waals surface area (Å²) < 4.78 is 153. The van der Waals surface area contributed by atoms with Crippen molar-refractivity contribution in [2.24, 2.45) is 15.0 Å². The number of benzene rings is 6. The summed E-state index contributed by atoms with van der Waals surface area (Å²) in [6.07, 6.45) is 11.3. The fourth-order valence-corrected chi connectivity index (χ4v) is 10.8. The largest absolute Gasteiger partial charge is 0.324 e. The van der Waals surface area contributed by atoms with E-state index in [-0.39, 0.29) is 65.6 Å². The van der Waals surface area contributed by atoms with Gasteiger partial charge in [0.2, 0.25) is 16.9 Å². The van der Waals surface area contributed by atoms with Crippen LogP contribution in [0.4, 0.5) is 34.1 Å². The molecule has 23 nitrogen and oxygen atoms in total. The lowest BCUT2D eigenvalue weighted by Gasteiger charge is -2.11. The van der Waals surface area contributed by atoms with Gasteiger partial charge in [-0.25, -0.2) is 39.9 Å². The van der Waals surface area contributed by atoms with Crippen molar-refractivity contribution >= 4 is 51.8 Å². The number of nitrogens with zero attached hydrogens (tertiary/aromatic N) is 14. The van der Waals surface area contributed by atoms with Crippen molar-refractivity contribution in [2.45, 2.75) is 62.2 Å². The van der Waals surface area contributed by atoms with Crippen molar-refractivity contribution in [1.29, 1.82) is 0 Å². The van der Waals surface area contributed by atoms with Crippen LogP contribution in [0.2, 0.25) is 0 Å². The molecule has 0 spiro atoms. The van der Waals surface area contributed by atoms with Gasteiger partial charge in [0, 0.05) is 152 Å². The Bertz CT molecular complexity index is 6830. The maximum atomic E-state index is 13.7. The first kappa shape index (κ1) is 52.5. The number of imidazole rings is 2. The normalized spacial score (nSPS) is 13.9. The Hall–Kier alpha value is -14.5. The summed E-state index contributed by atoms with van der Waals surface area (Å²) in [6.45, 7) is 11.8. The molecule has 108 heavy (non-hydrogen) atoms. The Morgan fingerprint density at radius 3 is 1.43 bits per heavy atom. The van der Waals surface area contributed by atoms with Crippen molar-refractivity contribution in [1.82, 2.24) is 68.5 Å². The molecule has 0 fully saturated rings. The topological polar surface area (TPSA) is 290 Å². The van der Waals surface area contributed by atoms with Crippen LogP contribution >= 0.6 is 0 Å². The fourth-order valence-electron chi connectivity index (χ4n) is 10.8. The van der Waals surface area contributed by atoms with Gasteiger partial charge in [-0.15, -0.1) is 0 Å². The molecule has 23 heteroatoms. The smallest absolute Gasteiger partial charge is 0.255 e.